The molecule has 2 aromatic heterocycles. The van der Waals surface area contributed by atoms with Crippen LogP contribution in [0.3, 0.4) is 0 Å². The minimum Gasteiger partial charge on any atom is -0.384 e. The lowest BCUT2D eigenvalue weighted by Gasteiger charge is -2.32. The van der Waals surface area contributed by atoms with Crippen molar-refractivity contribution in [3.8, 4) is 0 Å². The van der Waals surface area contributed by atoms with Gasteiger partial charge in [-0.05, 0) is 18.8 Å². The van der Waals surface area contributed by atoms with Crippen molar-refractivity contribution >= 4 is 0 Å². The van der Waals surface area contributed by atoms with Gasteiger partial charge in [-0.1, -0.05) is 0 Å². The first kappa shape index (κ1) is 14.9. The lowest BCUT2D eigenvalue weighted by atomic mass is 9.98. The molecule has 0 spiro atoms. The summed E-state index contributed by atoms with van der Waals surface area (Å²) >= 11 is 0. The van der Waals surface area contributed by atoms with Gasteiger partial charge in [0.25, 0.3) is 0 Å². The number of methoxy groups -OCH3 is 1. The second-order valence-corrected chi connectivity index (χ2v) is 7.02. The maximum atomic E-state index is 5.50. The molecule has 2 aromatic rings. The summed E-state index contributed by atoms with van der Waals surface area (Å²) in [6, 6.07) is 0. The quantitative estimate of drug-likeness (QED) is 0.815. The van der Waals surface area contributed by atoms with Crippen molar-refractivity contribution in [3.05, 3.63) is 35.7 Å². The van der Waals surface area contributed by atoms with Gasteiger partial charge in [0, 0.05) is 63.7 Å². The Morgan fingerprint density at radius 3 is 2.91 bits per heavy atom. The fourth-order valence-electron chi connectivity index (χ4n) is 3.69. The van der Waals surface area contributed by atoms with Crippen LogP contribution in [0.5, 0.6) is 0 Å². The second kappa shape index (κ2) is 6.09. The highest BCUT2D eigenvalue weighted by Gasteiger charge is 2.31. The summed E-state index contributed by atoms with van der Waals surface area (Å²) in [6.07, 6.45) is 8.82. The average molecular weight is 315 g/mol. The van der Waals surface area contributed by atoms with Crippen LogP contribution in [0.2, 0.25) is 0 Å². The van der Waals surface area contributed by atoms with E-state index >= 15 is 0 Å². The predicted octanol–water partition coefficient (Wildman–Crippen LogP) is 1.77. The van der Waals surface area contributed by atoms with Crippen molar-refractivity contribution in [2.24, 2.45) is 13.0 Å². The zero-order valence-electron chi connectivity index (χ0n) is 14.0. The van der Waals surface area contributed by atoms with Crippen molar-refractivity contribution < 1.29 is 4.74 Å². The van der Waals surface area contributed by atoms with Crippen LogP contribution in [-0.4, -0.2) is 44.5 Å². The van der Waals surface area contributed by atoms with Gasteiger partial charge >= 0.3 is 0 Å². The molecule has 0 radical (unpaired) electrons. The molecule has 0 amide bonds. The molecule has 1 fully saturated rings. The minimum absolute atomic E-state index is 0.404. The van der Waals surface area contributed by atoms with Crippen LogP contribution in [0.4, 0.5) is 0 Å². The second-order valence-electron chi connectivity index (χ2n) is 7.02. The summed E-state index contributed by atoms with van der Waals surface area (Å²) < 4.78 is 9.75. The number of hydrogen-bond acceptors (Lipinski definition) is 4. The van der Waals surface area contributed by atoms with E-state index in [0.29, 0.717) is 5.92 Å². The Kier molecular flexibility index (Phi) is 3.95. The first-order valence-electron chi connectivity index (χ1n) is 8.45. The highest BCUT2D eigenvalue weighted by molar-refractivity contribution is 5.23. The van der Waals surface area contributed by atoms with Gasteiger partial charge in [0.1, 0.15) is 0 Å². The van der Waals surface area contributed by atoms with E-state index in [2.05, 4.69) is 20.8 Å². The number of rotatable bonds is 6. The Bertz CT molecular complexity index is 672. The van der Waals surface area contributed by atoms with Gasteiger partial charge in [0.05, 0.1) is 24.8 Å². The molecule has 1 atom stereocenters. The van der Waals surface area contributed by atoms with Gasteiger partial charge in [-0.2, -0.15) is 5.10 Å². The van der Waals surface area contributed by atoms with E-state index < -0.39 is 0 Å². The van der Waals surface area contributed by atoms with E-state index in [-0.39, 0.29) is 0 Å². The summed E-state index contributed by atoms with van der Waals surface area (Å²) in [6.45, 7) is 4.75. The number of ether oxygens (including phenoxy) is 1. The van der Waals surface area contributed by atoms with Crippen molar-refractivity contribution in [1.29, 1.82) is 0 Å². The molecule has 23 heavy (non-hydrogen) atoms. The Balaban J connectivity index is 1.54. The Morgan fingerprint density at radius 2 is 2.22 bits per heavy atom. The molecule has 0 unspecified atom stereocenters. The number of aromatic nitrogens is 4. The van der Waals surface area contributed by atoms with E-state index in [1.165, 1.54) is 29.8 Å². The SMILES string of the molecule is COC[C@@H]1CN(Cc2cnn(C)c2)Cc2ncn(CC3CC3)c21. The fraction of sp³-hybridized carbons (Fsp3) is 0.647. The molecule has 1 aliphatic heterocycles. The molecule has 0 saturated heterocycles. The molecule has 1 aliphatic carbocycles. The van der Waals surface area contributed by atoms with Gasteiger partial charge in [-0.3, -0.25) is 9.58 Å². The van der Waals surface area contributed by atoms with E-state index in [1.807, 2.05) is 24.3 Å². The third-order valence-electron chi connectivity index (χ3n) is 4.88. The monoisotopic (exact) mass is 315 g/mol. The zero-order chi connectivity index (χ0) is 15.8. The third-order valence-corrected chi connectivity index (χ3v) is 4.88. The first-order chi connectivity index (χ1) is 11.2. The smallest absolute Gasteiger partial charge is 0.0952 e. The maximum absolute atomic E-state index is 5.50. The summed E-state index contributed by atoms with van der Waals surface area (Å²) in [5.41, 5.74) is 3.88. The third kappa shape index (κ3) is 3.19. The Hall–Kier alpha value is -1.66. The van der Waals surface area contributed by atoms with Crippen LogP contribution in [0.25, 0.3) is 0 Å². The molecule has 2 aliphatic rings. The Morgan fingerprint density at radius 1 is 1.35 bits per heavy atom. The predicted molar refractivity (Wildman–Crippen MR) is 86.9 cm³/mol. The van der Waals surface area contributed by atoms with E-state index in [1.54, 1.807) is 7.11 Å². The largest absolute Gasteiger partial charge is 0.384 e. The fourth-order valence-corrected chi connectivity index (χ4v) is 3.69. The summed E-state index contributed by atoms with van der Waals surface area (Å²) in [5, 5.41) is 4.27. The van der Waals surface area contributed by atoms with Gasteiger partial charge < -0.3 is 9.30 Å². The number of fused-ring (bicyclic) bond motifs is 1. The molecule has 0 bridgehead atoms. The number of nitrogens with zero attached hydrogens (tertiary/aromatic N) is 5. The summed E-state index contributed by atoms with van der Waals surface area (Å²) in [5.74, 6) is 1.27. The van der Waals surface area contributed by atoms with Crippen LogP contribution in [-0.2, 0) is 31.4 Å². The molecule has 3 heterocycles. The van der Waals surface area contributed by atoms with E-state index in [4.69, 9.17) is 9.72 Å². The molecular formula is C17H25N5O. The van der Waals surface area contributed by atoms with Gasteiger partial charge in [0.2, 0.25) is 0 Å². The van der Waals surface area contributed by atoms with Crippen LogP contribution in [0.15, 0.2) is 18.7 Å². The van der Waals surface area contributed by atoms with Gasteiger partial charge in [-0.25, -0.2) is 4.98 Å². The van der Waals surface area contributed by atoms with Crippen LogP contribution in [0, 0.1) is 5.92 Å². The normalized spacial score (nSPS) is 21.6. The standard InChI is InChI=1S/C17H25N5O/c1-20-6-14(5-19-20)7-21-9-15(11-23-2)17-16(10-21)18-12-22(17)8-13-3-4-13/h5-6,12-13,15H,3-4,7-11H2,1-2H3/t15-/m0/s1. The molecule has 0 aromatic carbocycles. The highest BCUT2D eigenvalue weighted by atomic mass is 16.5. The number of imidazole rings is 1. The number of hydrogen-bond donors (Lipinski definition) is 0. The highest BCUT2D eigenvalue weighted by Crippen LogP contribution is 2.34. The maximum Gasteiger partial charge on any atom is 0.0952 e. The molecule has 6 nitrogen and oxygen atoms in total. The van der Waals surface area contributed by atoms with Crippen molar-refractivity contribution in [2.75, 3.05) is 20.3 Å². The van der Waals surface area contributed by atoms with E-state index in [0.717, 1.165) is 38.7 Å². The van der Waals surface area contributed by atoms with Crippen LogP contribution in [0.1, 0.15) is 35.7 Å². The summed E-state index contributed by atoms with van der Waals surface area (Å²) in [4.78, 5) is 7.17. The molecule has 1 saturated carbocycles. The molecule has 0 N–H and O–H groups in total. The van der Waals surface area contributed by atoms with Crippen LogP contribution < -0.4 is 0 Å². The lowest BCUT2D eigenvalue weighted by molar-refractivity contribution is 0.131. The first-order valence-corrected chi connectivity index (χ1v) is 8.45. The van der Waals surface area contributed by atoms with Crippen molar-refractivity contribution in [3.63, 3.8) is 0 Å². The Labute approximate surface area is 137 Å². The topological polar surface area (TPSA) is 48.1 Å². The average Bonchev–Trinajstić information content (AvgIpc) is 3.11. The van der Waals surface area contributed by atoms with Crippen LogP contribution >= 0.6 is 0 Å². The molecule has 6 heteroatoms. The van der Waals surface area contributed by atoms with Crippen molar-refractivity contribution in [1.82, 2.24) is 24.2 Å². The molecule has 124 valence electrons. The zero-order valence-corrected chi connectivity index (χ0v) is 14.0. The van der Waals surface area contributed by atoms with Gasteiger partial charge in [-0.15, -0.1) is 0 Å². The number of aryl methyl sites for hydroxylation is 1. The summed E-state index contributed by atoms with van der Waals surface area (Å²) in [7, 11) is 3.76. The van der Waals surface area contributed by atoms with Crippen molar-refractivity contribution in [2.45, 2.75) is 38.4 Å². The lowest BCUT2D eigenvalue weighted by Crippen LogP contribution is -2.36. The van der Waals surface area contributed by atoms with Gasteiger partial charge in [0.15, 0.2) is 0 Å². The molecule has 4 rings (SSSR count). The minimum atomic E-state index is 0.404. The molecular weight excluding hydrogens is 290 g/mol. The van der Waals surface area contributed by atoms with E-state index in [9.17, 15) is 0 Å².